The van der Waals surface area contributed by atoms with Gasteiger partial charge in [0.25, 0.3) is 20.0 Å². The van der Waals surface area contributed by atoms with Crippen LogP contribution in [0.1, 0.15) is 11.1 Å². The van der Waals surface area contributed by atoms with Crippen molar-refractivity contribution in [1.82, 2.24) is 0 Å². The molecule has 1 aliphatic rings. The van der Waals surface area contributed by atoms with Crippen LogP contribution in [0.2, 0.25) is 0 Å². The molecule has 0 aromatic heterocycles. The third-order valence-electron chi connectivity index (χ3n) is 4.53. The van der Waals surface area contributed by atoms with Crippen molar-refractivity contribution >= 4 is 36.5 Å². The van der Waals surface area contributed by atoms with Gasteiger partial charge in [-0.3, -0.25) is 0 Å². The summed E-state index contributed by atoms with van der Waals surface area (Å²) in [6, 6.07) is 14.4. The zero-order chi connectivity index (χ0) is 18.0. The third-order valence-corrected chi connectivity index (χ3v) is 8.72. The molecule has 7 heteroatoms. The predicted molar refractivity (Wildman–Crippen MR) is 96.7 cm³/mol. The molecule has 0 atom stereocenters. The molecule has 0 aliphatic carbocycles. The van der Waals surface area contributed by atoms with Crippen molar-refractivity contribution in [1.29, 1.82) is 0 Å². The first-order valence-electron chi connectivity index (χ1n) is 7.64. The molecule has 0 saturated heterocycles. The second-order valence-corrected chi connectivity index (χ2v) is 9.86. The zero-order valence-corrected chi connectivity index (χ0v) is 15.2. The molecule has 3 aromatic carbocycles. The number of anilines is 1. The van der Waals surface area contributed by atoms with E-state index >= 15 is 0 Å². The number of benzene rings is 3. The average Bonchev–Trinajstić information content (AvgIpc) is 2.80. The van der Waals surface area contributed by atoms with Crippen molar-refractivity contribution in [3.63, 3.8) is 0 Å². The van der Waals surface area contributed by atoms with Gasteiger partial charge >= 0.3 is 0 Å². The van der Waals surface area contributed by atoms with Gasteiger partial charge in [0.15, 0.2) is 0 Å². The molecular formula is C18H15NO4S2. The minimum atomic E-state index is -4.25. The zero-order valence-electron chi connectivity index (χ0n) is 13.6. The predicted octanol–water partition coefficient (Wildman–Crippen LogP) is 3.35. The summed E-state index contributed by atoms with van der Waals surface area (Å²) in [5, 5.41) is 1.13. The van der Waals surface area contributed by atoms with Gasteiger partial charge in [-0.15, -0.1) is 0 Å². The SMILES string of the molecule is Cc1ccc(S(=O)(=O)N2c3cccc4cccc(c34)S2(=O)=O)cc1C. The standard InChI is InChI=1S/C18H15NO4S2/c1-12-9-10-15(11-13(12)2)24(20,21)19-16-7-3-5-14-6-4-8-17(18(14)16)25(19,22)23/h3-11H,1-2H3. The van der Waals surface area contributed by atoms with Crippen LogP contribution in [0.3, 0.4) is 0 Å². The van der Waals surface area contributed by atoms with Gasteiger partial charge in [0.05, 0.1) is 15.5 Å². The number of nitrogens with zero attached hydrogens (tertiary/aromatic N) is 1. The van der Waals surface area contributed by atoms with Gasteiger partial charge in [0.1, 0.15) is 0 Å². The summed E-state index contributed by atoms with van der Waals surface area (Å²) >= 11 is 0. The summed E-state index contributed by atoms with van der Waals surface area (Å²) in [5.41, 5.74) is 1.90. The molecule has 0 unspecified atom stereocenters. The van der Waals surface area contributed by atoms with E-state index in [9.17, 15) is 16.8 Å². The van der Waals surface area contributed by atoms with Gasteiger partial charge in [0.2, 0.25) is 0 Å². The second kappa shape index (κ2) is 5.06. The summed E-state index contributed by atoms with van der Waals surface area (Å²) < 4.78 is 52.9. The molecule has 0 spiro atoms. The lowest BCUT2D eigenvalue weighted by Crippen LogP contribution is -2.34. The lowest BCUT2D eigenvalue weighted by molar-refractivity contribution is 0.586. The number of sulfonamides is 2. The maximum absolute atomic E-state index is 13.2. The summed E-state index contributed by atoms with van der Waals surface area (Å²) in [6.45, 7) is 3.66. The maximum Gasteiger partial charge on any atom is 0.278 e. The average molecular weight is 373 g/mol. The van der Waals surface area contributed by atoms with Crippen molar-refractivity contribution in [3.8, 4) is 0 Å². The van der Waals surface area contributed by atoms with E-state index < -0.39 is 20.0 Å². The highest BCUT2D eigenvalue weighted by atomic mass is 32.3. The van der Waals surface area contributed by atoms with E-state index in [0.29, 0.717) is 14.5 Å². The summed E-state index contributed by atoms with van der Waals surface area (Å²) in [6.07, 6.45) is 0. The Hall–Kier alpha value is -2.38. The Labute approximate surface area is 146 Å². The first-order chi connectivity index (χ1) is 11.7. The summed E-state index contributed by atoms with van der Waals surface area (Å²) in [4.78, 5) is -0.0167. The van der Waals surface area contributed by atoms with Crippen LogP contribution in [0.5, 0.6) is 0 Å². The van der Waals surface area contributed by atoms with E-state index in [1.807, 2.05) is 6.92 Å². The van der Waals surface area contributed by atoms with Crippen LogP contribution in [0.15, 0.2) is 64.4 Å². The molecule has 0 radical (unpaired) electrons. The number of hydrogen-bond donors (Lipinski definition) is 0. The minimum Gasteiger partial charge on any atom is -0.200 e. The monoisotopic (exact) mass is 373 g/mol. The number of aryl methyl sites for hydroxylation is 2. The Morgan fingerprint density at radius 3 is 2.24 bits per heavy atom. The molecule has 1 aliphatic heterocycles. The molecule has 5 nitrogen and oxygen atoms in total. The van der Waals surface area contributed by atoms with Crippen molar-refractivity contribution < 1.29 is 16.8 Å². The van der Waals surface area contributed by atoms with Crippen LogP contribution in [0.25, 0.3) is 10.8 Å². The summed E-state index contributed by atoms with van der Waals surface area (Å²) in [7, 11) is -8.44. The van der Waals surface area contributed by atoms with E-state index in [2.05, 4.69) is 0 Å². The molecule has 25 heavy (non-hydrogen) atoms. The molecule has 4 rings (SSSR count). The normalized spacial score (nSPS) is 15.7. The maximum atomic E-state index is 13.2. The Bertz CT molecular complexity index is 1240. The van der Waals surface area contributed by atoms with Crippen LogP contribution in [-0.4, -0.2) is 16.8 Å². The van der Waals surface area contributed by atoms with E-state index in [1.54, 1.807) is 37.3 Å². The highest BCUT2D eigenvalue weighted by Gasteiger charge is 2.44. The van der Waals surface area contributed by atoms with Crippen LogP contribution in [0.4, 0.5) is 5.69 Å². The highest BCUT2D eigenvalue weighted by molar-refractivity contribution is 8.10. The molecular weight excluding hydrogens is 358 g/mol. The smallest absolute Gasteiger partial charge is 0.200 e. The molecule has 0 N–H and O–H groups in total. The second-order valence-electron chi connectivity index (χ2n) is 6.08. The van der Waals surface area contributed by atoms with Gasteiger partial charge in [-0.25, -0.2) is 8.42 Å². The fourth-order valence-electron chi connectivity index (χ4n) is 3.10. The lowest BCUT2D eigenvalue weighted by atomic mass is 10.1. The van der Waals surface area contributed by atoms with Crippen molar-refractivity contribution in [2.24, 2.45) is 0 Å². The molecule has 128 valence electrons. The van der Waals surface area contributed by atoms with E-state index in [4.69, 9.17) is 0 Å². The molecule has 0 fully saturated rings. The minimum absolute atomic E-state index is 0.0213. The van der Waals surface area contributed by atoms with Crippen molar-refractivity contribution in [2.45, 2.75) is 23.6 Å². The number of hydrogen-bond acceptors (Lipinski definition) is 4. The fourth-order valence-corrected chi connectivity index (χ4v) is 7.12. The molecule has 0 amide bonds. The van der Waals surface area contributed by atoms with Gasteiger partial charge in [-0.2, -0.15) is 12.1 Å². The first kappa shape index (κ1) is 16.1. The largest absolute Gasteiger partial charge is 0.278 e. The van der Waals surface area contributed by atoms with Gasteiger partial charge in [-0.1, -0.05) is 30.3 Å². The van der Waals surface area contributed by atoms with Crippen LogP contribution in [0, 0.1) is 13.8 Å². The number of rotatable bonds is 2. The Morgan fingerprint density at radius 1 is 0.880 bits per heavy atom. The van der Waals surface area contributed by atoms with Gasteiger partial charge in [0, 0.05) is 5.39 Å². The lowest BCUT2D eigenvalue weighted by Gasteiger charge is -2.19. The van der Waals surface area contributed by atoms with Crippen molar-refractivity contribution in [2.75, 3.05) is 3.71 Å². The Kier molecular flexibility index (Phi) is 3.26. The summed E-state index contributed by atoms with van der Waals surface area (Å²) in [5.74, 6) is 0. The van der Waals surface area contributed by atoms with Gasteiger partial charge < -0.3 is 0 Å². The van der Waals surface area contributed by atoms with E-state index in [-0.39, 0.29) is 15.5 Å². The fraction of sp³-hybridized carbons (Fsp3) is 0.111. The van der Waals surface area contributed by atoms with Crippen LogP contribution in [-0.2, 0) is 20.0 Å². The Balaban J connectivity index is 2.04. The van der Waals surface area contributed by atoms with Crippen LogP contribution < -0.4 is 3.71 Å². The molecule has 3 aromatic rings. The molecule has 1 heterocycles. The molecule has 0 saturated carbocycles. The molecule has 0 bridgehead atoms. The van der Waals surface area contributed by atoms with Gasteiger partial charge in [-0.05, 0) is 54.6 Å². The van der Waals surface area contributed by atoms with E-state index in [0.717, 1.165) is 11.1 Å². The van der Waals surface area contributed by atoms with Crippen LogP contribution >= 0.6 is 0 Å². The highest BCUT2D eigenvalue weighted by Crippen LogP contribution is 2.44. The topological polar surface area (TPSA) is 71.5 Å². The van der Waals surface area contributed by atoms with Crippen molar-refractivity contribution in [3.05, 3.63) is 65.7 Å². The Morgan fingerprint density at radius 2 is 1.56 bits per heavy atom. The van der Waals surface area contributed by atoms with E-state index in [1.165, 1.54) is 24.3 Å². The first-order valence-corrected chi connectivity index (χ1v) is 10.5. The quantitative estimate of drug-likeness (QED) is 0.691. The third kappa shape index (κ3) is 2.12.